The van der Waals surface area contributed by atoms with Crippen molar-refractivity contribution in [3.63, 3.8) is 0 Å². The zero-order chi connectivity index (χ0) is 13.1. The lowest BCUT2D eigenvalue weighted by molar-refractivity contribution is 0.0957. The van der Waals surface area contributed by atoms with Crippen LogP contribution in [0.2, 0.25) is 0 Å². The minimum atomic E-state index is -0.807. The molecule has 0 aliphatic rings. The molecule has 0 aliphatic carbocycles. The first-order chi connectivity index (χ1) is 8.59. The Bertz CT molecular complexity index is 552. The molecule has 1 aromatic heterocycles. The van der Waals surface area contributed by atoms with Crippen molar-refractivity contribution in [3.05, 3.63) is 42.0 Å². The summed E-state index contributed by atoms with van der Waals surface area (Å²) in [5, 5.41) is 18.9. The van der Waals surface area contributed by atoms with Gasteiger partial charge in [0.25, 0.3) is 0 Å². The maximum atomic E-state index is 12.0. The molecule has 1 heterocycles. The van der Waals surface area contributed by atoms with Gasteiger partial charge in [-0.25, -0.2) is 4.98 Å². The number of hydrogen-bond donors (Lipinski definition) is 4. The topological polar surface area (TPSA) is 112 Å². The predicted octanol–water partition coefficient (Wildman–Crippen LogP) is 0.574. The monoisotopic (exact) mass is 247 g/mol. The predicted molar refractivity (Wildman–Crippen MR) is 64.4 cm³/mol. The van der Waals surface area contributed by atoms with E-state index in [9.17, 15) is 15.0 Å². The molecule has 0 spiro atoms. The molecule has 2 aromatic rings. The van der Waals surface area contributed by atoms with E-state index in [4.69, 9.17) is 5.73 Å². The number of rotatable bonds is 4. The smallest absolute Gasteiger partial charge is 0.183 e. The standard InChI is InChI=1S/C12H13N3O3/c13-9(4-7-5-14-6-15-7)11(17)8-2-1-3-10(16)12(8)18/h1-3,5-6,9,16,18H,4,13H2,(H,14,15)/t9-/m0/s1. The van der Waals surface area contributed by atoms with E-state index in [2.05, 4.69) is 9.97 Å². The molecule has 0 amide bonds. The number of hydrogen-bond acceptors (Lipinski definition) is 5. The van der Waals surface area contributed by atoms with Gasteiger partial charge in [0.2, 0.25) is 0 Å². The van der Waals surface area contributed by atoms with Gasteiger partial charge < -0.3 is 20.9 Å². The number of H-pyrrole nitrogens is 1. The molecular formula is C12H13N3O3. The summed E-state index contributed by atoms with van der Waals surface area (Å²) in [7, 11) is 0. The van der Waals surface area contributed by atoms with Crippen LogP contribution in [0, 0.1) is 0 Å². The zero-order valence-electron chi connectivity index (χ0n) is 9.50. The van der Waals surface area contributed by atoms with Crippen molar-refractivity contribution >= 4 is 5.78 Å². The van der Waals surface area contributed by atoms with Crippen LogP contribution in [0.4, 0.5) is 0 Å². The van der Waals surface area contributed by atoms with Crippen LogP contribution in [0.1, 0.15) is 16.1 Å². The third-order valence-corrected chi connectivity index (χ3v) is 2.61. The van der Waals surface area contributed by atoms with Crippen LogP contribution in [0.25, 0.3) is 0 Å². The second-order valence-electron chi connectivity index (χ2n) is 3.93. The molecule has 6 nitrogen and oxygen atoms in total. The SMILES string of the molecule is N[C@@H](Cc1cnc[nH]1)C(=O)c1cccc(O)c1O. The van der Waals surface area contributed by atoms with Crippen molar-refractivity contribution in [1.29, 1.82) is 0 Å². The van der Waals surface area contributed by atoms with E-state index >= 15 is 0 Å². The van der Waals surface area contributed by atoms with Crippen LogP contribution in [0.5, 0.6) is 11.5 Å². The van der Waals surface area contributed by atoms with Crippen LogP contribution in [0.3, 0.4) is 0 Å². The second-order valence-corrected chi connectivity index (χ2v) is 3.93. The Morgan fingerprint density at radius 2 is 2.22 bits per heavy atom. The average Bonchev–Trinajstić information content (AvgIpc) is 2.84. The summed E-state index contributed by atoms with van der Waals surface area (Å²) >= 11 is 0. The molecule has 0 saturated carbocycles. The number of aromatic hydroxyl groups is 2. The number of ketones is 1. The summed E-state index contributed by atoms with van der Waals surface area (Å²) in [6, 6.07) is 3.39. The number of nitrogens with zero attached hydrogens (tertiary/aromatic N) is 1. The van der Waals surface area contributed by atoms with Gasteiger partial charge in [-0.15, -0.1) is 0 Å². The molecule has 1 atom stereocenters. The van der Waals surface area contributed by atoms with Gasteiger partial charge in [-0.2, -0.15) is 0 Å². The van der Waals surface area contributed by atoms with Crippen molar-refractivity contribution in [2.75, 3.05) is 0 Å². The van der Waals surface area contributed by atoms with E-state index in [-0.39, 0.29) is 17.7 Å². The van der Waals surface area contributed by atoms with Crippen LogP contribution in [0.15, 0.2) is 30.7 Å². The molecule has 0 unspecified atom stereocenters. The van der Waals surface area contributed by atoms with E-state index in [1.807, 2.05) is 0 Å². The number of phenolic OH excluding ortho intramolecular Hbond substituents is 2. The van der Waals surface area contributed by atoms with Gasteiger partial charge in [0.05, 0.1) is 17.9 Å². The molecule has 94 valence electrons. The molecule has 0 bridgehead atoms. The van der Waals surface area contributed by atoms with Crippen molar-refractivity contribution < 1.29 is 15.0 Å². The third-order valence-electron chi connectivity index (χ3n) is 2.61. The summed E-state index contributed by atoms with van der Waals surface area (Å²) in [4.78, 5) is 18.7. The largest absolute Gasteiger partial charge is 0.504 e. The number of imidazole rings is 1. The number of carbonyl (C=O) groups is 1. The van der Waals surface area contributed by atoms with Crippen molar-refractivity contribution in [2.24, 2.45) is 5.73 Å². The number of aromatic nitrogens is 2. The lowest BCUT2D eigenvalue weighted by Crippen LogP contribution is -2.32. The third kappa shape index (κ3) is 2.33. The van der Waals surface area contributed by atoms with Crippen LogP contribution in [-0.4, -0.2) is 32.0 Å². The average molecular weight is 247 g/mol. The van der Waals surface area contributed by atoms with Gasteiger partial charge in [-0.3, -0.25) is 4.79 Å². The number of aromatic amines is 1. The number of benzene rings is 1. The summed E-state index contributed by atoms with van der Waals surface area (Å²) < 4.78 is 0. The zero-order valence-corrected chi connectivity index (χ0v) is 9.50. The highest BCUT2D eigenvalue weighted by molar-refractivity contribution is 6.02. The number of para-hydroxylation sites is 1. The van der Waals surface area contributed by atoms with E-state index in [0.717, 1.165) is 5.69 Å². The minimum absolute atomic E-state index is 0.0158. The number of Topliss-reactive ketones (excluding diaryl/α,β-unsaturated/α-hetero) is 1. The maximum absolute atomic E-state index is 12.0. The minimum Gasteiger partial charge on any atom is -0.504 e. The molecule has 6 heteroatoms. The van der Waals surface area contributed by atoms with Crippen LogP contribution in [-0.2, 0) is 6.42 Å². The molecular weight excluding hydrogens is 234 g/mol. The Balaban J connectivity index is 2.18. The molecule has 2 rings (SSSR count). The lowest BCUT2D eigenvalue weighted by atomic mass is 10.00. The first-order valence-corrected chi connectivity index (χ1v) is 5.37. The Labute approximate surface area is 103 Å². The second kappa shape index (κ2) is 4.89. The van der Waals surface area contributed by atoms with E-state index in [1.165, 1.54) is 24.5 Å². The van der Waals surface area contributed by atoms with Crippen molar-refractivity contribution in [1.82, 2.24) is 9.97 Å². The highest BCUT2D eigenvalue weighted by Gasteiger charge is 2.21. The Kier molecular flexibility index (Phi) is 3.29. The fourth-order valence-corrected chi connectivity index (χ4v) is 1.66. The molecule has 0 radical (unpaired) electrons. The first-order valence-electron chi connectivity index (χ1n) is 5.37. The summed E-state index contributed by atoms with van der Waals surface area (Å²) in [5.74, 6) is -1.21. The van der Waals surface area contributed by atoms with Gasteiger partial charge in [0.15, 0.2) is 17.3 Å². The highest BCUT2D eigenvalue weighted by Crippen LogP contribution is 2.29. The van der Waals surface area contributed by atoms with Crippen molar-refractivity contribution in [3.8, 4) is 11.5 Å². The summed E-state index contributed by atoms with van der Waals surface area (Å²) in [6.07, 6.45) is 3.36. The highest BCUT2D eigenvalue weighted by atomic mass is 16.3. The van der Waals surface area contributed by atoms with Gasteiger partial charge in [0.1, 0.15) is 0 Å². The van der Waals surface area contributed by atoms with Crippen molar-refractivity contribution in [2.45, 2.75) is 12.5 Å². The molecule has 0 fully saturated rings. The van der Waals surface area contributed by atoms with E-state index < -0.39 is 17.6 Å². The quantitative estimate of drug-likeness (QED) is 0.466. The van der Waals surface area contributed by atoms with E-state index in [1.54, 1.807) is 6.20 Å². The van der Waals surface area contributed by atoms with Gasteiger partial charge in [-0.05, 0) is 12.1 Å². The van der Waals surface area contributed by atoms with Crippen LogP contribution >= 0.6 is 0 Å². The number of carbonyl (C=O) groups excluding carboxylic acids is 1. The lowest BCUT2D eigenvalue weighted by Gasteiger charge is -2.11. The Morgan fingerprint density at radius 3 is 2.89 bits per heavy atom. The van der Waals surface area contributed by atoms with Gasteiger partial charge in [0, 0.05) is 18.3 Å². The normalized spacial score (nSPS) is 12.3. The molecule has 0 aliphatic heterocycles. The number of nitrogens with two attached hydrogens (primary N) is 1. The fraction of sp³-hybridized carbons (Fsp3) is 0.167. The van der Waals surface area contributed by atoms with E-state index in [0.29, 0.717) is 0 Å². The Hall–Kier alpha value is -2.34. The molecule has 0 saturated heterocycles. The van der Waals surface area contributed by atoms with Crippen LogP contribution < -0.4 is 5.73 Å². The number of phenols is 2. The van der Waals surface area contributed by atoms with Gasteiger partial charge in [-0.1, -0.05) is 6.07 Å². The fourth-order valence-electron chi connectivity index (χ4n) is 1.66. The molecule has 5 N–H and O–H groups in total. The summed E-state index contributed by atoms with van der Waals surface area (Å²) in [5.41, 5.74) is 6.52. The Morgan fingerprint density at radius 1 is 1.44 bits per heavy atom. The first kappa shape index (κ1) is 12.1. The summed E-state index contributed by atoms with van der Waals surface area (Å²) in [6.45, 7) is 0. The molecule has 18 heavy (non-hydrogen) atoms. The number of nitrogens with one attached hydrogen (secondary N) is 1. The maximum Gasteiger partial charge on any atom is 0.183 e. The molecule has 1 aromatic carbocycles. The van der Waals surface area contributed by atoms with Gasteiger partial charge >= 0.3 is 0 Å².